The van der Waals surface area contributed by atoms with Crippen LogP contribution in [-0.4, -0.2) is 25.5 Å². The lowest BCUT2D eigenvalue weighted by Crippen LogP contribution is -2.21. The standard InChI is InChI=1S/C12H12ClF4N5O/c1-5-6(3-18-21(5)2)19-7(23)4-22-10(12(16)17)8(13)9(20-22)11(14)15/h3,11-12H,4H2,1-2H3,(H,19,23). The summed E-state index contributed by atoms with van der Waals surface area (Å²) in [6.45, 7) is 1.01. The van der Waals surface area contributed by atoms with Gasteiger partial charge in [0.1, 0.15) is 17.9 Å². The first-order chi connectivity index (χ1) is 10.7. The average Bonchev–Trinajstić information content (AvgIpc) is 2.93. The van der Waals surface area contributed by atoms with Crippen LogP contribution in [0.25, 0.3) is 0 Å². The Labute approximate surface area is 133 Å². The summed E-state index contributed by atoms with van der Waals surface area (Å²) in [5, 5.41) is 8.83. The number of rotatable bonds is 5. The number of aryl methyl sites for hydroxylation is 1. The first-order valence-electron chi connectivity index (χ1n) is 6.33. The molecule has 0 fully saturated rings. The smallest absolute Gasteiger partial charge is 0.283 e. The van der Waals surface area contributed by atoms with E-state index in [1.165, 1.54) is 10.9 Å². The molecule has 6 nitrogen and oxygen atoms in total. The third-order valence-corrected chi connectivity index (χ3v) is 3.56. The van der Waals surface area contributed by atoms with Crippen LogP contribution in [0.1, 0.15) is 29.9 Å². The molecule has 11 heteroatoms. The Kier molecular flexibility index (Phi) is 4.93. The molecule has 0 unspecified atom stereocenters. The summed E-state index contributed by atoms with van der Waals surface area (Å²) in [6.07, 6.45) is -4.89. The van der Waals surface area contributed by atoms with Gasteiger partial charge in [0.15, 0.2) is 0 Å². The van der Waals surface area contributed by atoms with E-state index in [0.717, 1.165) is 0 Å². The van der Waals surface area contributed by atoms with Crippen molar-refractivity contribution in [3.8, 4) is 0 Å². The number of halogens is 5. The molecular weight excluding hydrogens is 342 g/mol. The maximum atomic E-state index is 13.0. The lowest BCUT2D eigenvalue weighted by atomic mass is 10.3. The van der Waals surface area contributed by atoms with Crippen molar-refractivity contribution in [2.75, 3.05) is 5.32 Å². The van der Waals surface area contributed by atoms with Crippen molar-refractivity contribution in [2.24, 2.45) is 7.05 Å². The van der Waals surface area contributed by atoms with E-state index in [2.05, 4.69) is 15.5 Å². The molecule has 0 bridgehead atoms. The van der Waals surface area contributed by atoms with Gasteiger partial charge in [-0.25, -0.2) is 17.6 Å². The zero-order valence-electron chi connectivity index (χ0n) is 12.0. The van der Waals surface area contributed by atoms with Crippen LogP contribution in [0.5, 0.6) is 0 Å². The van der Waals surface area contributed by atoms with Crippen molar-refractivity contribution in [1.29, 1.82) is 0 Å². The van der Waals surface area contributed by atoms with Crippen LogP contribution in [0, 0.1) is 6.92 Å². The molecular formula is C12H12ClF4N5O. The number of nitrogens with zero attached hydrogens (tertiary/aromatic N) is 4. The second-order valence-corrected chi connectivity index (χ2v) is 5.04. The van der Waals surface area contributed by atoms with Crippen molar-refractivity contribution in [3.05, 3.63) is 28.3 Å². The van der Waals surface area contributed by atoms with E-state index in [-0.39, 0.29) is 0 Å². The molecule has 0 radical (unpaired) electrons. The van der Waals surface area contributed by atoms with Crippen molar-refractivity contribution in [2.45, 2.75) is 26.3 Å². The van der Waals surface area contributed by atoms with Gasteiger partial charge in [0.2, 0.25) is 5.91 Å². The zero-order valence-corrected chi connectivity index (χ0v) is 12.8. The van der Waals surface area contributed by atoms with Gasteiger partial charge in [-0.15, -0.1) is 0 Å². The summed E-state index contributed by atoms with van der Waals surface area (Å²) in [5.41, 5.74) is -0.880. The van der Waals surface area contributed by atoms with Crippen LogP contribution in [-0.2, 0) is 18.4 Å². The monoisotopic (exact) mass is 353 g/mol. The fourth-order valence-corrected chi connectivity index (χ4v) is 2.19. The highest BCUT2D eigenvalue weighted by Crippen LogP contribution is 2.34. The molecule has 0 spiro atoms. The summed E-state index contributed by atoms with van der Waals surface area (Å²) >= 11 is 5.50. The third kappa shape index (κ3) is 3.46. The number of alkyl halides is 4. The Morgan fingerprint density at radius 3 is 2.48 bits per heavy atom. The Bertz CT molecular complexity index is 727. The number of carbonyl (C=O) groups is 1. The third-order valence-electron chi connectivity index (χ3n) is 3.17. The highest BCUT2D eigenvalue weighted by molar-refractivity contribution is 6.32. The molecule has 23 heavy (non-hydrogen) atoms. The van der Waals surface area contributed by atoms with Gasteiger partial charge in [-0.1, -0.05) is 11.6 Å². The van der Waals surface area contributed by atoms with Crippen LogP contribution < -0.4 is 5.32 Å². The van der Waals surface area contributed by atoms with Gasteiger partial charge in [0.25, 0.3) is 12.9 Å². The fourth-order valence-electron chi connectivity index (χ4n) is 1.89. The molecule has 2 aromatic heterocycles. The van der Waals surface area contributed by atoms with E-state index in [0.29, 0.717) is 16.1 Å². The molecule has 2 rings (SSSR count). The quantitative estimate of drug-likeness (QED) is 0.840. The second kappa shape index (κ2) is 6.57. The normalized spacial score (nSPS) is 11.5. The van der Waals surface area contributed by atoms with E-state index in [1.54, 1.807) is 14.0 Å². The summed E-state index contributed by atoms with van der Waals surface area (Å²) in [7, 11) is 1.65. The molecule has 1 amide bonds. The Morgan fingerprint density at radius 1 is 1.35 bits per heavy atom. The molecule has 0 aliphatic heterocycles. The number of carbonyl (C=O) groups excluding carboxylic acids is 1. The van der Waals surface area contributed by atoms with Gasteiger partial charge in [-0.3, -0.25) is 14.2 Å². The van der Waals surface area contributed by atoms with Crippen molar-refractivity contribution < 1.29 is 22.4 Å². The summed E-state index contributed by atoms with van der Waals surface area (Å²) in [4.78, 5) is 11.9. The SMILES string of the molecule is Cc1c(NC(=O)Cn2nc(C(F)F)c(Cl)c2C(F)F)cnn1C. The second-order valence-electron chi connectivity index (χ2n) is 4.66. The minimum atomic E-state index is -3.14. The summed E-state index contributed by atoms with van der Waals surface area (Å²) in [5.74, 6) is -0.719. The average molecular weight is 354 g/mol. The molecule has 1 N–H and O–H groups in total. The molecule has 0 aliphatic rings. The van der Waals surface area contributed by atoms with E-state index in [1.807, 2.05) is 0 Å². The Hall–Kier alpha value is -2.10. The zero-order chi connectivity index (χ0) is 17.3. The minimum absolute atomic E-state index is 0.378. The summed E-state index contributed by atoms with van der Waals surface area (Å²) < 4.78 is 53.3. The van der Waals surface area contributed by atoms with E-state index >= 15 is 0 Å². The van der Waals surface area contributed by atoms with E-state index < -0.39 is 41.7 Å². The highest BCUT2D eigenvalue weighted by Gasteiger charge is 2.28. The van der Waals surface area contributed by atoms with E-state index in [4.69, 9.17) is 11.6 Å². The first-order valence-corrected chi connectivity index (χ1v) is 6.71. The molecule has 0 aromatic carbocycles. The number of anilines is 1. The van der Waals surface area contributed by atoms with Crippen LogP contribution >= 0.6 is 11.6 Å². The van der Waals surface area contributed by atoms with Gasteiger partial charge in [0, 0.05) is 7.05 Å². The van der Waals surface area contributed by atoms with Gasteiger partial charge in [-0.2, -0.15) is 10.2 Å². The van der Waals surface area contributed by atoms with Crippen LogP contribution in [0.15, 0.2) is 6.20 Å². The molecule has 0 aliphatic carbocycles. The number of amides is 1. The van der Waals surface area contributed by atoms with Crippen molar-refractivity contribution in [1.82, 2.24) is 19.6 Å². The molecule has 2 heterocycles. The van der Waals surface area contributed by atoms with Crippen LogP contribution in [0.3, 0.4) is 0 Å². The predicted molar refractivity (Wildman–Crippen MR) is 73.7 cm³/mol. The maximum Gasteiger partial charge on any atom is 0.283 e. The number of hydrogen-bond acceptors (Lipinski definition) is 3. The van der Waals surface area contributed by atoms with Gasteiger partial charge >= 0.3 is 0 Å². The molecule has 0 saturated carbocycles. The number of nitrogens with one attached hydrogen (secondary N) is 1. The lowest BCUT2D eigenvalue weighted by Gasteiger charge is -2.08. The highest BCUT2D eigenvalue weighted by atomic mass is 35.5. The lowest BCUT2D eigenvalue weighted by molar-refractivity contribution is -0.117. The van der Waals surface area contributed by atoms with Gasteiger partial charge in [0.05, 0.1) is 22.6 Å². The number of hydrogen-bond donors (Lipinski definition) is 1. The predicted octanol–water partition coefficient (Wildman–Crippen LogP) is 3.09. The summed E-state index contributed by atoms with van der Waals surface area (Å²) in [6, 6.07) is 0. The van der Waals surface area contributed by atoms with Crippen molar-refractivity contribution in [3.63, 3.8) is 0 Å². The molecule has 126 valence electrons. The molecule has 0 saturated heterocycles. The molecule has 2 aromatic rings. The molecule has 0 atom stereocenters. The van der Waals surface area contributed by atoms with Crippen LogP contribution in [0.4, 0.5) is 23.2 Å². The number of aromatic nitrogens is 4. The Balaban J connectivity index is 2.23. The van der Waals surface area contributed by atoms with Gasteiger partial charge in [-0.05, 0) is 6.92 Å². The first kappa shape index (κ1) is 17.3. The van der Waals surface area contributed by atoms with Gasteiger partial charge < -0.3 is 5.32 Å². The Morgan fingerprint density at radius 2 is 2.00 bits per heavy atom. The van der Waals surface area contributed by atoms with E-state index in [9.17, 15) is 22.4 Å². The topological polar surface area (TPSA) is 64.7 Å². The van der Waals surface area contributed by atoms with Crippen molar-refractivity contribution >= 4 is 23.2 Å². The maximum absolute atomic E-state index is 13.0. The minimum Gasteiger partial charge on any atom is -0.322 e. The largest absolute Gasteiger partial charge is 0.322 e. The van der Waals surface area contributed by atoms with Crippen LogP contribution in [0.2, 0.25) is 5.02 Å². The fraction of sp³-hybridized carbons (Fsp3) is 0.417.